The van der Waals surface area contributed by atoms with Crippen molar-refractivity contribution in [2.75, 3.05) is 11.9 Å². The Bertz CT molecular complexity index is 808. The summed E-state index contributed by atoms with van der Waals surface area (Å²) in [6.45, 7) is 1.13. The molecule has 6 heteroatoms. The molecule has 25 heavy (non-hydrogen) atoms. The Labute approximate surface area is 146 Å². The third kappa shape index (κ3) is 5.10. The molecule has 0 saturated carbocycles. The van der Waals surface area contributed by atoms with E-state index in [2.05, 4.69) is 37.7 Å². The minimum atomic E-state index is -0.231. The zero-order valence-corrected chi connectivity index (χ0v) is 13.7. The van der Waals surface area contributed by atoms with Gasteiger partial charge in [-0.15, -0.1) is 0 Å². The number of nitrogens with zero attached hydrogens (tertiary/aromatic N) is 3. The van der Waals surface area contributed by atoms with Crippen LogP contribution in [0.25, 0.3) is 0 Å². The van der Waals surface area contributed by atoms with Gasteiger partial charge >= 0.3 is 0 Å². The summed E-state index contributed by atoms with van der Waals surface area (Å²) in [5.41, 5.74) is 2.56. The van der Waals surface area contributed by atoms with Gasteiger partial charge < -0.3 is 10.6 Å². The first-order chi connectivity index (χ1) is 12.3. The van der Waals surface area contributed by atoms with Gasteiger partial charge in [0, 0.05) is 31.7 Å². The molecule has 0 aliphatic carbocycles. The fourth-order valence-corrected chi connectivity index (χ4v) is 2.31. The van der Waals surface area contributed by atoms with Crippen LogP contribution >= 0.6 is 0 Å². The predicted octanol–water partition coefficient (Wildman–Crippen LogP) is 2.46. The maximum Gasteiger partial charge on any atom is 0.270 e. The molecule has 2 aromatic heterocycles. The van der Waals surface area contributed by atoms with Crippen molar-refractivity contribution < 1.29 is 4.79 Å². The second kappa shape index (κ2) is 8.54. The minimum absolute atomic E-state index is 0.231. The van der Waals surface area contributed by atoms with E-state index in [1.807, 2.05) is 30.3 Å². The van der Waals surface area contributed by atoms with Gasteiger partial charge in [-0.1, -0.05) is 30.3 Å². The number of nitrogens with one attached hydrogen (secondary N) is 2. The summed E-state index contributed by atoms with van der Waals surface area (Å²) in [5, 5.41) is 5.99. The van der Waals surface area contributed by atoms with Crippen LogP contribution in [0.1, 0.15) is 21.6 Å². The van der Waals surface area contributed by atoms with E-state index >= 15 is 0 Å². The van der Waals surface area contributed by atoms with Crippen molar-refractivity contribution in [2.24, 2.45) is 0 Å². The molecular weight excluding hydrogens is 314 g/mol. The van der Waals surface area contributed by atoms with Gasteiger partial charge in [0.1, 0.15) is 5.69 Å². The van der Waals surface area contributed by atoms with Crippen molar-refractivity contribution in [3.63, 3.8) is 0 Å². The lowest BCUT2D eigenvalue weighted by Gasteiger charge is -2.07. The summed E-state index contributed by atoms with van der Waals surface area (Å²) in [6.07, 6.45) is 5.84. The number of aromatic nitrogens is 3. The SMILES string of the molecule is O=C(NCc1ccncc1)c1ccnc(NCCc2ccccc2)n1. The molecule has 126 valence electrons. The molecular formula is C19H19N5O. The zero-order valence-electron chi connectivity index (χ0n) is 13.7. The highest BCUT2D eigenvalue weighted by molar-refractivity contribution is 5.92. The van der Waals surface area contributed by atoms with E-state index in [0.29, 0.717) is 24.7 Å². The summed E-state index contributed by atoms with van der Waals surface area (Å²) < 4.78 is 0. The number of hydrogen-bond donors (Lipinski definition) is 2. The van der Waals surface area contributed by atoms with Crippen molar-refractivity contribution >= 4 is 11.9 Å². The van der Waals surface area contributed by atoms with Crippen molar-refractivity contribution in [1.82, 2.24) is 20.3 Å². The molecule has 2 N–H and O–H groups in total. The number of carbonyl (C=O) groups excluding carboxylic acids is 1. The Morgan fingerprint density at radius 1 is 0.920 bits per heavy atom. The van der Waals surface area contributed by atoms with Gasteiger partial charge in [-0.2, -0.15) is 0 Å². The fourth-order valence-electron chi connectivity index (χ4n) is 2.31. The average molecular weight is 333 g/mol. The molecule has 3 rings (SSSR count). The van der Waals surface area contributed by atoms with Gasteiger partial charge in [0.25, 0.3) is 5.91 Å². The second-order valence-electron chi connectivity index (χ2n) is 5.47. The summed E-state index contributed by atoms with van der Waals surface area (Å²) in [6, 6.07) is 15.5. The quantitative estimate of drug-likeness (QED) is 0.694. The van der Waals surface area contributed by atoms with Crippen molar-refractivity contribution in [2.45, 2.75) is 13.0 Å². The molecule has 0 fully saturated rings. The Balaban J connectivity index is 1.52. The van der Waals surface area contributed by atoms with Gasteiger partial charge in [0.05, 0.1) is 0 Å². The number of anilines is 1. The van der Waals surface area contributed by atoms with E-state index in [1.54, 1.807) is 24.7 Å². The summed E-state index contributed by atoms with van der Waals surface area (Å²) in [7, 11) is 0. The normalized spacial score (nSPS) is 10.2. The minimum Gasteiger partial charge on any atom is -0.354 e. The third-order valence-corrected chi connectivity index (χ3v) is 3.63. The molecule has 0 atom stereocenters. The first-order valence-corrected chi connectivity index (χ1v) is 8.09. The fraction of sp³-hybridized carbons (Fsp3) is 0.158. The molecule has 1 aromatic carbocycles. The number of carbonyl (C=O) groups is 1. The van der Waals surface area contributed by atoms with E-state index in [4.69, 9.17) is 0 Å². The molecule has 0 aliphatic heterocycles. The van der Waals surface area contributed by atoms with E-state index < -0.39 is 0 Å². The van der Waals surface area contributed by atoms with Crippen LogP contribution in [0, 0.1) is 0 Å². The summed E-state index contributed by atoms with van der Waals surface area (Å²) in [4.78, 5) is 24.6. The van der Waals surface area contributed by atoms with Crippen LogP contribution in [0.2, 0.25) is 0 Å². The molecule has 0 unspecified atom stereocenters. The number of amides is 1. The van der Waals surface area contributed by atoms with Crippen molar-refractivity contribution in [3.8, 4) is 0 Å². The van der Waals surface area contributed by atoms with Gasteiger partial charge in [0.15, 0.2) is 0 Å². The Kier molecular flexibility index (Phi) is 5.66. The van der Waals surface area contributed by atoms with Gasteiger partial charge in [0.2, 0.25) is 5.95 Å². The van der Waals surface area contributed by atoms with Crippen LogP contribution in [0.15, 0.2) is 67.1 Å². The van der Waals surface area contributed by atoms with Gasteiger partial charge in [-0.05, 0) is 35.7 Å². The maximum atomic E-state index is 12.2. The number of hydrogen-bond acceptors (Lipinski definition) is 5. The van der Waals surface area contributed by atoms with E-state index in [9.17, 15) is 4.79 Å². The molecule has 0 spiro atoms. The standard InChI is InChI=1S/C19H19N5O/c25-18(23-14-16-6-10-20-11-7-16)17-9-13-22-19(24-17)21-12-8-15-4-2-1-3-5-15/h1-7,9-11,13H,8,12,14H2,(H,23,25)(H,21,22,24). The Morgan fingerprint density at radius 3 is 2.52 bits per heavy atom. The van der Waals surface area contributed by atoms with E-state index in [-0.39, 0.29) is 5.91 Å². The second-order valence-corrected chi connectivity index (χ2v) is 5.47. The maximum absolute atomic E-state index is 12.2. The van der Waals surface area contributed by atoms with Gasteiger partial charge in [-0.3, -0.25) is 9.78 Å². The number of benzene rings is 1. The van der Waals surface area contributed by atoms with Crippen LogP contribution in [-0.4, -0.2) is 27.4 Å². The third-order valence-electron chi connectivity index (χ3n) is 3.63. The topological polar surface area (TPSA) is 79.8 Å². The monoisotopic (exact) mass is 333 g/mol. The van der Waals surface area contributed by atoms with Crippen LogP contribution in [0.5, 0.6) is 0 Å². The largest absolute Gasteiger partial charge is 0.354 e. The van der Waals surface area contributed by atoms with Gasteiger partial charge in [-0.25, -0.2) is 9.97 Å². The summed E-state index contributed by atoms with van der Waals surface area (Å²) in [5.74, 6) is 0.220. The number of pyridine rings is 1. The van der Waals surface area contributed by atoms with Crippen molar-refractivity contribution in [3.05, 3.63) is 83.9 Å². The average Bonchev–Trinajstić information content (AvgIpc) is 2.68. The molecule has 2 heterocycles. The Hall–Kier alpha value is -3.28. The Morgan fingerprint density at radius 2 is 1.72 bits per heavy atom. The first-order valence-electron chi connectivity index (χ1n) is 8.09. The van der Waals surface area contributed by atoms with Crippen LogP contribution < -0.4 is 10.6 Å². The molecule has 0 radical (unpaired) electrons. The number of rotatable bonds is 7. The molecule has 6 nitrogen and oxygen atoms in total. The van der Waals surface area contributed by atoms with Crippen molar-refractivity contribution in [1.29, 1.82) is 0 Å². The molecule has 0 saturated heterocycles. The first kappa shape index (κ1) is 16.6. The van der Waals surface area contributed by atoms with E-state index in [0.717, 1.165) is 12.0 Å². The molecule has 0 bridgehead atoms. The lowest BCUT2D eigenvalue weighted by molar-refractivity contribution is 0.0946. The smallest absolute Gasteiger partial charge is 0.270 e. The van der Waals surface area contributed by atoms with Crippen LogP contribution in [-0.2, 0) is 13.0 Å². The molecule has 3 aromatic rings. The van der Waals surface area contributed by atoms with Crippen LogP contribution in [0.3, 0.4) is 0 Å². The lowest BCUT2D eigenvalue weighted by atomic mass is 10.1. The lowest BCUT2D eigenvalue weighted by Crippen LogP contribution is -2.24. The molecule has 1 amide bonds. The van der Waals surface area contributed by atoms with Crippen LogP contribution in [0.4, 0.5) is 5.95 Å². The molecule has 0 aliphatic rings. The highest BCUT2D eigenvalue weighted by Crippen LogP contribution is 2.04. The highest BCUT2D eigenvalue weighted by atomic mass is 16.1. The van der Waals surface area contributed by atoms with E-state index in [1.165, 1.54) is 5.56 Å². The highest BCUT2D eigenvalue weighted by Gasteiger charge is 2.08. The summed E-state index contributed by atoms with van der Waals surface area (Å²) >= 11 is 0. The zero-order chi connectivity index (χ0) is 17.3. The predicted molar refractivity (Wildman–Crippen MR) is 96.1 cm³/mol.